The number of carbonyl (C=O) groups is 1. The Morgan fingerprint density at radius 3 is 2.58 bits per heavy atom. The highest BCUT2D eigenvalue weighted by molar-refractivity contribution is 9.10. The van der Waals surface area contributed by atoms with Gasteiger partial charge in [-0.3, -0.25) is 14.2 Å². The zero-order chi connectivity index (χ0) is 13.8. The lowest BCUT2D eigenvalue weighted by Gasteiger charge is -2.12. The van der Waals surface area contributed by atoms with E-state index in [2.05, 4.69) is 47.4 Å². The molecule has 0 aliphatic carbocycles. The number of aromatic nitrogens is 4. The molecule has 2 heterocycles. The Morgan fingerprint density at radius 2 is 2.00 bits per heavy atom. The van der Waals surface area contributed by atoms with Crippen molar-refractivity contribution in [2.24, 2.45) is 0 Å². The number of halogens is 2. The lowest BCUT2D eigenvalue weighted by atomic mass is 10.3. The third-order valence-electron chi connectivity index (χ3n) is 2.59. The quantitative estimate of drug-likeness (QED) is 0.848. The number of amides is 1. The van der Waals surface area contributed by atoms with Crippen molar-refractivity contribution < 1.29 is 4.79 Å². The molecule has 0 fully saturated rings. The molecule has 2 aromatic rings. The van der Waals surface area contributed by atoms with Crippen LogP contribution in [-0.4, -0.2) is 32.0 Å². The van der Waals surface area contributed by atoms with Gasteiger partial charge in [0.15, 0.2) is 0 Å². The van der Waals surface area contributed by atoms with Crippen molar-refractivity contribution in [1.29, 1.82) is 0 Å². The average Bonchev–Trinajstić information content (AvgIpc) is 2.97. The molecule has 1 atom stereocenters. The second kappa shape index (κ2) is 6.33. The molecule has 6 nitrogen and oxygen atoms in total. The molecule has 2 aromatic heterocycles. The zero-order valence-corrected chi connectivity index (χ0v) is 13.4. The molecule has 0 aliphatic heterocycles. The number of rotatable bonds is 5. The summed E-state index contributed by atoms with van der Waals surface area (Å²) >= 11 is 6.63. The number of nitrogens with one attached hydrogen (secondary N) is 1. The van der Waals surface area contributed by atoms with Crippen LogP contribution in [0.1, 0.15) is 13.0 Å². The van der Waals surface area contributed by atoms with Gasteiger partial charge in [0, 0.05) is 18.9 Å². The predicted octanol–water partition coefficient (Wildman–Crippen LogP) is 1.98. The molecule has 2 rings (SSSR count). The Bertz CT molecular complexity index is 565. The van der Waals surface area contributed by atoms with Crippen LogP contribution < -0.4 is 5.32 Å². The molecule has 8 heteroatoms. The van der Waals surface area contributed by atoms with Crippen LogP contribution in [0.3, 0.4) is 0 Å². The third kappa shape index (κ3) is 3.90. The normalized spacial score (nSPS) is 12.4. The Hall–Kier alpha value is -1.15. The molecule has 0 spiro atoms. The second-order valence-corrected chi connectivity index (χ2v) is 5.86. The molecule has 1 unspecified atom stereocenters. The topological polar surface area (TPSA) is 64.7 Å². The van der Waals surface area contributed by atoms with Crippen LogP contribution in [0.4, 0.5) is 0 Å². The van der Waals surface area contributed by atoms with E-state index in [0.29, 0.717) is 13.1 Å². The van der Waals surface area contributed by atoms with Gasteiger partial charge in [-0.15, -0.1) is 0 Å². The minimum atomic E-state index is -0.337. The Morgan fingerprint density at radius 1 is 1.32 bits per heavy atom. The predicted molar refractivity (Wildman–Crippen MR) is 77.6 cm³/mol. The van der Waals surface area contributed by atoms with Crippen LogP contribution in [0.2, 0.25) is 0 Å². The number of hydrogen-bond acceptors (Lipinski definition) is 3. The van der Waals surface area contributed by atoms with E-state index in [1.54, 1.807) is 34.9 Å². The van der Waals surface area contributed by atoms with Gasteiger partial charge < -0.3 is 5.32 Å². The SMILES string of the molecule is CC(C(=O)NCCn1cc(Br)cn1)n1cc(Br)cn1. The van der Waals surface area contributed by atoms with Crippen LogP contribution in [0.15, 0.2) is 33.7 Å². The minimum absolute atomic E-state index is 0.0678. The van der Waals surface area contributed by atoms with Gasteiger partial charge in [0.05, 0.1) is 27.9 Å². The van der Waals surface area contributed by atoms with Gasteiger partial charge in [-0.25, -0.2) is 0 Å². The molecule has 1 N–H and O–H groups in total. The fourth-order valence-corrected chi connectivity index (χ4v) is 2.18. The van der Waals surface area contributed by atoms with E-state index in [-0.39, 0.29) is 11.9 Å². The molecular formula is C11H13Br2N5O. The van der Waals surface area contributed by atoms with Crippen LogP contribution in [0.25, 0.3) is 0 Å². The summed E-state index contributed by atoms with van der Waals surface area (Å²) in [6.07, 6.45) is 7.01. The number of carbonyl (C=O) groups excluding carboxylic acids is 1. The molecule has 1 amide bonds. The van der Waals surface area contributed by atoms with Crippen molar-refractivity contribution in [2.75, 3.05) is 6.54 Å². The fourth-order valence-electron chi connectivity index (χ4n) is 1.55. The monoisotopic (exact) mass is 389 g/mol. The first kappa shape index (κ1) is 14.3. The van der Waals surface area contributed by atoms with Crippen molar-refractivity contribution >= 4 is 37.8 Å². The number of hydrogen-bond donors (Lipinski definition) is 1. The first-order valence-electron chi connectivity index (χ1n) is 5.71. The van der Waals surface area contributed by atoms with Crippen LogP contribution in [-0.2, 0) is 11.3 Å². The molecule has 0 radical (unpaired) electrons. The van der Waals surface area contributed by atoms with E-state index < -0.39 is 0 Å². The maximum absolute atomic E-state index is 11.9. The summed E-state index contributed by atoms with van der Waals surface area (Å²) in [5.74, 6) is -0.0678. The first-order chi connectivity index (χ1) is 9.06. The van der Waals surface area contributed by atoms with E-state index in [1.165, 1.54) is 0 Å². The van der Waals surface area contributed by atoms with Gasteiger partial charge in [-0.05, 0) is 38.8 Å². The Kier molecular flexibility index (Phi) is 4.76. The Labute approximate surface area is 127 Å². The lowest BCUT2D eigenvalue weighted by molar-refractivity contribution is -0.124. The van der Waals surface area contributed by atoms with Crippen molar-refractivity contribution in [3.05, 3.63) is 33.7 Å². The summed E-state index contributed by atoms with van der Waals surface area (Å²) in [4.78, 5) is 11.9. The number of nitrogens with zero attached hydrogens (tertiary/aromatic N) is 4. The smallest absolute Gasteiger partial charge is 0.244 e. The van der Waals surface area contributed by atoms with Gasteiger partial charge in [-0.1, -0.05) is 0 Å². The summed E-state index contributed by atoms with van der Waals surface area (Å²) in [5.41, 5.74) is 0. The molecular weight excluding hydrogens is 378 g/mol. The third-order valence-corrected chi connectivity index (χ3v) is 3.41. The van der Waals surface area contributed by atoms with Gasteiger partial charge in [0.25, 0.3) is 0 Å². The highest BCUT2D eigenvalue weighted by Crippen LogP contribution is 2.11. The van der Waals surface area contributed by atoms with E-state index >= 15 is 0 Å². The van der Waals surface area contributed by atoms with Crippen molar-refractivity contribution in [1.82, 2.24) is 24.9 Å². The molecule has 0 aromatic carbocycles. The molecule has 19 heavy (non-hydrogen) atoms. The summed E-state index contributed by atoms with van der Waals surface area (Å²) in [6, 6.07) is -0.337. The van der Waals surface area contributed by atoms with Gasteiger partial charge >= 0.3 is 0 Å². The van der Waals surface area contributed by atoms with E-state index in [0.717, 1.165) is 8.95 Å². The summed E-state index contributed by atoms with van der Waals surface area (Å²) in [7, 11) is 0. The average molecular weight is 391 g/mol. The molecule has 0 saturated heterocycles. The highest BCUT2D eigenvalue weighted by atomic mass is 79.9. The first-order valence-corrected chi connectivity index (χ1v) is 7.30. The summed E-state index contributed by atoms with van der Waals surface area (Å²) in [6.45, 7) is 2.96. The van der Waals surface area contributed by atoms with Gasteiger partial charge in [-0.2, -0.15) is 10.2 Å². The van der Waals surface area contributed by atoms with E-state index in [9.17, 15) is 4.79 Å². The molecule has 102 valence electrons. The molecule has 0 bridgehead atoms. The lowest BCUT2D eigenvalue weighted by Crippen LogP contribution is -2.33. The largest absolute Gasteiger partial charge is 0.352 e. The van der Waals surface area contributed by atoms with E-state index in [4.69, 9.17) is 0 Å². The van der Waals surface area contributed by atoms with Gasteiger partial charge in [0.2, 0.25) is 5.91 Å². The van der Waals surface area contributed by atoms with Crippen LogP contribution in [0, 0.1) is 0 Å². The molecule has 0 aliphatic rings. The summed E-state index contributed by atoms with van der Waals surface area (Å²) < 4.78 is 5.16. The van der Waals surface area contributed by atoms with Crippen LogP contribution in [0.5, 0.6) is 0 Å². The minimum Gasteiger partial charge on any atom is -0.352 e. The van der Waals surface area contributed by atoms with Crippen molar-refractivity contribution in [2.45, 2.75) is 19.5 Å². The standard InChI is InChI=1S/C11H13Br2N5O/c1-8(18-7-10(13)5-16-18)11(19)14-2-3-17-6-9(12)4-15-17/h4-8H,2-3H2,1H3,(H,14,19). The maximum Gasteiger partial charge on any atom is 0.244 e. The fraction of sp³-hybridized carbons (Fsp3) is 0.364. The van der Waals surface area contributed by atoms with Crippen molar-refractivity contribution in [3.8, 4) is 0 Å². The summed E-state index contributed by atoms with van der Waals surface area (Å²) in [5, 5.41) is 11.1. The second-order valence-electron chi connectivity index (χ2n) is 4.03. The molecule has 0 saturated carbocycles. The van der Waals surface area contributed by atoms with Gasteiger partial charge in [0.1, 0.15) is 6.04 Å². The highest BCUT2D eigenvalue weighted by Gasteiger charge is 2.14. The maximum atomic E-state index is 11.9. The van der Waals surface area contributed by atoms with E-state index in [1.807, 2.05) is 6.20 Å². The van der Waals surface area contributed by atoms with Crippen molar-refractivity contribution in [3.63, 3.8) is 0 Å². The zero-order valence-electron chi connectivity index (χ0n) is 10.3. The van der Waals surface area contributed by atoms with Crippen LogP contribution >= 0.6 is 31.9 Å². The Balaban J connectivity index is 1.81.